The van der Waals surface area contributed by atoms with Gasteiger partial charge in [0.1, 0.15) is 0 Å². The summed E-state index contributed by atoms with van der Waals surface area (Å²) in [4.78, 5) is 2.40. The predicted octanol–water partition coefficient (Wildman–Crippen LogP) is 15.4. The fourth-order valence-corrected chi connectivity index (χ4v) is 10.8. The van der Waals surface area contributed by atoms with Crippen molar-refractivity contribution in [2.75, 3.05) is 4.90 Å². The molecule has 2 aromatic heterocycles. The second-order valence-corrected chi connectivity index (χ2v) is 17.1. The van der Waals surface area contributed by atoms with Crippen molar-refractivity contribution < 1.29 is 0 Å². The van der Waals surface area contributed by atoms with Gasteiger partial charge < -0.3 is 9.30 Å². The highest BCUT2D eigenvalue weighted by Crippen LogP contribution is 2.54. The van der Waals surface area contributed by atoms with Crippen LogP contribution in [0.25, 0.3) is 66.7 Å². The molecule has 3 aliphatic carbocycles. The number of hydrogen-bond donors (Lipinski definition) is 0. The normalized spacial score (nSPS) is 15.5. The summed E-state index contributed by atoms with van der Waals surface area (Å²) in [7, 11) is 0. The molecule has 0 fully saturated rings. The molecule has 0 aliphatic heterocycles. The third kappa shape index (κ3) is 5.12. The largest absolute Gasteiger partial charge is 0.311 e. The van der Waals surface area contributed by atoms with Gasteiger partial charge in [-0.25, -0.2) is 0 Å². The Labute approximate surface area is 346 Å². The molecule has 0 spiro atoms. The lowest BCUT2D eigenvalue weighted by Crippen LogP contribution is -2.17. The van der Waals surface area contributed by atoms with Crippen molar-refractivity contribution in [3.63, 3.8) is 0 Å². The molecule has 3 aliphatic rings. The van der Waals surface area contributed by atoms with Crippen molar-refractivity contribution in [3.05, 3.63) is 209 Å². The second-order valence-electron chi connectivity index (χ2n) is 17.1. The van der Waals surface area contributed by atoms with E-state index in [1.54, 1.807) is 5.57 Å². The number of rotatable bonds is 6. The summed E-state index contributed by atoms with van der Waals surface area (Å²) < 4.78 is 2.54. The van der Waals surface area contributed by atoms with Crippen molar-refractivity contribution in [2.45, 2.75) is 44.9 Å². The molecular weight excluding hydrogens is 713 g/mol. The maximum absolute atomic E-state index is 2.54. The number of aromatic nitrogens is 1. The summed E-state index contributed by atoms with van der Waals surface area (Å²) in [6.45, 7) is 4.81. The van der Waals surface area contributed by atoms with Crippen LogP contribution < -0.4 is 4.90 Å². The standard InChI is InChI=1S/C57H44N2/c1-57(2)51-22-8-6-16-50(51)54-44(17-12-23-52(54)57)39-27-33-42(34-28-39)58(41-31-25-38(26-32-41)37-13-4-3-5-14-37)43-35-29-40(30-36-43)45-18-10-20-48-49-21-11-19-47-46-15-7-9-24-53(46)59(55(45)48)56(47)49/h3-6,8-11,13-14,16-22,24-36H,7,12,15,23H2,1-2H3. The van der Waals surface area contributed by atoms with Crippen LogP contribution in [0.1, 0.15) is 61.1 Å². The molecule has 2 heterocycles. The zero-order valence-corrected chi connectivity index (χ0v) is 33.5. The van der Waals surface area contributed by atoms with Crippen LogP contribution in [-0.4, -0.2) is 4.40 Å². The minimum Gasteiger partial charge on any atom is -0.311 e. The maximum Gasteiger partial charge on any atom is 0.0619 e. The molecular formula is C57H44N2. The molecule has 0 saturated heterocycles. The topological polar surface area (TPSA) is 7.65 Å². The van der Waals surface area contributed by atoms with Gasteiger partial charge in [0, 0.05) is 49.9 Å². The van der Waals surface area contributed by atoms with E-state index in [2.05, 4.69) is 205 Å². The van der Waals surface area contributed by atoms with Crippen LogP contribution in [0.2, 0.25) is 0 Å². The highest BCUT2D eigenvalue weighted by Gasteiger charge is 2.39. The van der Waals surface area contributed by atoms with E-state index < -0.39 is 0 Å². The fraction of sp³-hybridized carbons (Fsp3) is 0.123. The molecule has 0 atom stereocenters. The van der Waals surface area contributed by atoms with E-state index in [0.29, 0.717) is 0 Å². The lowest BCUT2D eigenvalue weighted by molar-refractivity contribution is 0.608. The van der Waals surface area contributed by atoms with E-state index >= 15 is 0 Å². The molecule has 12 rings (SSSR count). The van der Waals surface area contributed by atoms with Crippen LogP contribution in [0.15, 0.2) is 182 Å². The predicted molar refractivity (Wildman–Crippen MR) is 250 cm³/mol. The molecule has 2 nitrogen and oxygen atoms in total. The summed E-state index contributed by atoms with van der Waals surface area (Å²) in [5.41, 5.74) is 22.3. The number of fused-ring (bicyclic) bond motifs is 8. The van der Waals surface area contributed by atoms with Gasteiger partial charge in [-0.3, -0.25) is 0 Å². The molecule has 0 N–H and O–H groups in total. The smallest absolute Gasteiger partial charge is 0.0619 e. The number of aryl methyl sites for hydroxylation is 1. The van der Waals surface area contributed by atoms with Gasteiger partial charge in [0.15, 0.2) is 0 Å². The van der Waals surface area contributed by atoms with Crippen molar-refractivity contribution in [2.24, 2.45) is 0 Å². The van der Waals surface area contributed by atoms with Crippen LogP contribution >= 0.6 is 0 Å². The first-order valence-electron chi connectivity index (χ1n) is 21.2. The molecule has 7 aromatic carbocycles. The minimum atomic E-state index is 0.0502. The highest BCUT2D eigenvalue weighted by atomic mass is 15.1. The number of hydrogen-bond acceptors (Lipinski definition) is 1. The third-order valence-electron chi connectivity index (χ3n) is 13.6. The first kappa shape index (κ1) is 34.2. The number of anilines is 3. The Bertz CT molecular complexity index is 3190. The van der Waals surface area contributed by atoms with E-state index in [4.69, 9.17) is 0 Å². The molecule has 0 saturated carbocycles. The zero-order valence-electron chi connectivity index (χ0n) is 33.5. The van der Waals surface area contributed by atoms with Crippen molar-refractivity contribution in [1.29, 1.82) is 0 Å². The first-order valence-corrected chi connectivity index (χ1v) is 21.2. The van der Waals surface area contributed by atoms with Crippen LogP contribution in [-0.2, 0) is 11.8 Å². The summed E-state index contributed by atoms with van der Waals surface area (Å²) in [5.74, 6) is 0. The van der Waals surface area contributed by atoms with Gasteiger partial charge in [0.05, 0.1) is 11.0 Å². The summed E-state index contributed by atoms with van der Waals surface area (Å²) in [5, 5.41) is 4.05. The Balaban J connectivity index is 0.959. The zero-order chi connectivity index (χ0) is 39.2. The average molecular weight is 757 g/mol. The molecule has 0 unspecified atom stereocenters. The Morgan fingerprint density at radius 1 is 0.492 bits per heavy atom. The monoisotopic (exact) mass is 756 g/mol. The van der Waals surface area contributed by atoms with Gasteiger partial charge in [0.2, 0.25) is 0 Å². The van der Waals surface area contributed by atoms with Crippen LogP contribution in [0, 0.1) is 0 Å². The van der Waals surface area contributed by atoms with Crippen LogP contribution in [0.5, 0.6) is 0 Å². The van der Waals surface area contributed by atoms with Gasteiger partial charge in [-0.15, -0.1) is 0 Å². The number of allylic oxidation sites excluding steroid dienone is 5. The van der Waals surface area contributed by atoms with Gasteiger partial charge in [0.25, 0.3) is 0 Å². The number of nitrogens with zero attached hydrogens (tertiary/aromatic N) is 2. The summed E-state index contributed by atoms with van der Waals surface area (Å²) in [6, 6.07) is 60.9. The van der Waals surface area contributed by atoms with Crippen molar-refractivity contribution in [1.82, 2.24) is 4.40 Å². The second kappa shape index (κ2) is 13.1. The highest BCUT2D eigenvalue weighted by molar-refractivity contribution is 6.19. The number of benzene rings is 7. The molecule has 0 radical (unpaired) electrons. The number of para-hydroxylation sites is 2. The molecule has 282 valence electrons. The van der Waals surface area contributed by atoms with Gasteiger partial charge >= 0.3 is 0 Å². The molecule has 2 heteroatoms. The van der Waals surface area contributed by atoms with Gasteiger partial charge in [-0.1, -0.05) is 159 Å². The Morgan fingerprint density at radius 2 is 1.08 bits per heavy atom. The maximum atomic E-state index is 2.54. The van der Waals surface area contributed by atoms with Crippen LogP contribution in [0.3, 0.4) is 0 Å². The Morgan fingerprint density at radius 3 is 1.83 bits per heavy atom. The van der Waals surface area contributed by atoms with Gasteiger partial charge in [-0.2, -0.15) is 0 Å². The molecule has 59 heavy (non-hydrogen) atoms. The van der Waals surface area contributed by atoms with Crippen molar-refractivity contribution in [3.8, 4) is 22.3 Å². The van der Waals surface area contributed by atoms with E-state index in [-0.39, 0.29) is 5.41 Å². The van der Waals surface area contributed by atoms with E-state index in [1.165, 1.54) is 88.5 Å². The van der Waals surface area contributed by atoms with Gasteiger partial charge in [-0.05, 0) is 118 Å². The van der Waals surface area contributed by atoms with E-state index in [1.807, 2.05) is 0 Å². The first-order chi connectivity index (χ1) is 29.0. The quantitative estimate of drug-likeness (QED) is 0.164. The van der Waals surface area contributed by atoms with Crippen LogP contribution in [0.4, 0.5) is 17.1 Å². The lowest BCUT2D eigenvalue weighted by Gasteiger charge is -2.28. The summed E-state index contributed by atoms with van der Waals surface area (Å²) in [6.07, 6.45) is 11.5. The Hall–Kier alpha value is -6.90. The molecule has 9 aromatic rings. The Kier molecular flexibility index (Phi) is 7.56. The molecule has 0 bridgehead atoms. The summed E-state index contributed by atoms with van der Waals surface area (Å²) >= 11 is 0. The third-order valence-corrected chi connectivity index (χ3v) is 13.6. The van der Waals surface area contributed by atoms with E-state index in [0.717, 1.165) is 42.7 Å². The molecule has 0 amide bonds. The SMILES string of the molecule is CC1(C)C2=C(C(c3ccc(N(c4ccc(-c5ccccc5)cc4)c4ccc(-c5cccc6c7cccc8c9c(n(c56)c87)C=CCC9)cc4)cc3)=CCC2)c2ccccc21. The van der Waals surface area contributed by atoms with Crippen molar-refractivity contribution >= 4 is 61.5 Å². The van der Waals surface area contributed by atoms with E-state index in [9.17, 15) is 0 Å². The average Bonchev–Trinajstić information content (AvgIpc) is 3.90. The fourth-order valence-electron chi connectivity index (χ4n) is 10.8. The minimum absolute atomic E-state index is 0.0502. The lowest BCUT2D eigenvalue weighted by atomic mass is 9.77.